The van der Waals surface area contributed by atoms with E-state index in [-0.39, 0.29) is 5.97 Å². The maximum absolute atomic E-state index is 11.2. The standard InChI is InChI=1S/C15H10O2S/c16-14-7-6-13(17-14)15(12-8-9-18-10-12)11-4-2-1-3-5-11/h1-10H. The van der Waals surface area contributed by atoms with Gasteiger partial charge >= 0.3 is 5.97 Å². The first-order valence-electron chi connectivity index (χ1n) is 5.57. The second kappa shape index (κ2) is 4.63. The van der Waals surface area contributed by atoms with E-state index in [1.165, 1.54) is 6.08 Å². The average Bonchev–Trinajstić information content (AvgIpc) is 3.04. The molecule has 0 bridgehead atoms. The zero-order valence-corrected chi connectivity index (χ0v) is 10.3. The van der Waals surface area contributed by atoms with Crippen LogP contribution < -0.4 is 0 Å². The second-order valence-electron chi connectivity index (χ2n) is 3.87. The van der Waals surface area contributed by atoms with Gasteiger partial charge in [0.05, 0.1) is 0 Å². The van der Waals surface area contributed by atoms with Crippen LogP contribution >= 0.6 is 11.3 Å². The summed E-state index contributed by atoms with van der Waals surface area (Å²) >= 11 is 1.62. The zero-order chi connectivity index (χ0) is 12.4. The van der Waals surface area contributed by atoms with Crippen LogP contribution in [-0.4, -0.2) is 5.97 Å². The van der Waals surface area contributed by atoms with Crippen molar-refractivity contribution in [2.45, 2.75) is 0 Å². The minimum Gasteiger partial charge on any atom is -0.423 e. The fraction of sp³-hybridized carbons (Fsp3) is 0. The molecule has 0 saturated heterocycles. The number of carbonyl (C=O) groups excluding carboxylic acids is 1. The van der Waals surface area contributed by atoms with E-state index in [2.05, 4.69) is 5.38 Å². The Hall–Kier alpha value is -2.13. The highest BCUT2D eigenvalue weighted by molar-refractivity contribution is 7.08. The van der Waals surface area contributed by atoms with Crippen LogP contribution in [0.25, 0.3) is 5.57 Å². The summed E-state index contributed by atoms with van der Waals surface area (Å²) in [5, 5.41) is 4.06. The summed E-state index contributed by atoms with van der Waals surface area (Å²) in [6, 6.07) is 12.0. The van der Waals surface area contributed by atoms with E-state index >= 15 is 0 Å². The highest BCUT2D eigenvalue weighted by Crippen LogP contribution is 2.31. The van der Waals surface area contributed by atoms with Crippen LogP contribution in [0.15, 0.2) is 65.1 Å². The minimum absolute atomic E-state index is 0.311. The van der Waals surface area contributed by atoms with E-state index in [4.69, 9.17) is 4.74 Å². The third-order valence-electron chi connectivity index (χ3n) is 2.70. The highest BCUT2D eigenvalue weighted by atomic mass is 32.1. The van der Waals surface area contributed by atoms with Crippen molar-refractivity contribution < 1.29 is 9.53 Å². The maximum Gasteiger partial charge on any atom is 0.336 e. The first kappa shape index (κ1) is 11.0. The second-order valence-corrected chi connectivity index (χ2v) is 4.65. The molecule has 1 aromatic heterocycles. The molecule has 2 heterocycles. The van der Waals surface area contributed by atoms with Gasteiger partial charge in [-0.3, -0.25) is 0 Å². The van der Waals surface area contributed by atoms with Crippen molar-refractivity contribution in [3.05, 3.63) is 76.2 Å². The number of benzene rings is 1. The van der Waals surface area contributed by atoms with E-state index in [0.717, 1.165) is 16.7 Å². The van der Waals surface area contributed by atoms with Gasteiger partial charge in [0.15, 0.2) is 0 Å². The van der Waals surface area contributed by atoms with Crippen LogP contribution in [0.4, 0.5) is 0 Å². The minimum atomic E-state index is -0.311. The number of cyclic esters (lactones) is 1. The van der Waals surface area contributed by atoms with Gasteiger partial charge in [-0.2, -0.15) is 11.3 Å². The fourth-order valence-electron chi connectivity index (χ4n) is 1.92. The van der Waals surface area contributed by atoms with Gasteiger partial charge in [-0.15, -0.1) is 0 Å². The average molecular weight is 254 g/mol. The van der Waals surface area contributed by atoms with Crippen LogP contribution in [0.2, 0.25) is 0 Å². The molecule has 0 spiro atoms. The number of thiophene rings is 1. The van der Waals surface area contributed by atoms with Gasteiger partial charge in [-0.1, -0.05) is 30.3 Å². The van der Waals surface area contributed by atoms with Crippen molar-refractivity contribution in [3.63, 3.8) is 0 Å². The molecule has 3 heteroatoms. The maximum atomic E-state index is 11.2. The van der Waals surface area contributed by atoms with Gasteiger partial charge in [-0.05, 0) is 34.0 Å². The SMILES string of the molecule is O=C1C=CC(=C(c2ccccc2)c2ccsc2)O1. The molecule has 1 aromatic carbocycles. The Morgan fingerprint density at radius 1 is 1.00 bits per heavy atom. The Morgan fingerprint density at radius 3 is 2.44 bits per heavy atom. The third kappa shape index (κ3) is 2.00. The number of allylic oxidation sites excluding steroid dienone is 1. The zero-order valence-electron chi connectivity index (χ0n) is 9.50. The normalized spacial score (nSPS) is 16.8. The van der Waals surface area contributed by atoms with E-state index in [0.29, 0.717) is 5.76 Å². The Kier molecular flexibility index (Phi) is 2.82. The molecule has 3 rings (SSSR count). The quantitative estimate of drug-likeness (QED) is 0.765. The summed E-state index contributed by atoms with van der Waals surface area (Å²) < 4.78 is 5.24. The first-order chi connectivity index (χ1) is 8.84. The molecule has 88 valence electrons. The predicted molar refractivity (Wildman–Crippen MR) is 72.0 cm³/mol. The number of esters is 1. The molecule has 0 unspecified atom stereocenters. The Labute approximate surface area is 109 Å². The smallest absolute Gasteiger partial charge is 0.336 e. The van der Waals surface area contributed by atoms with Gasteiger partial charge in [0.2, 0.25) is 0 Å². The number of hydrogen-bond acceptors (Lipinski definition) is 3. The molecule has 0 saturated carbocycles. The number of rotatable bonds is 2. The summed E-state index contributed by atoms with van der Waals surface area (Å²) in [5.74, 6) is 0.304. The molecule has 1 aliphatic rings. The molecule has 0 N–H and O–H groups in total. The van der Waals surface area contributed by atoms with Crippen molar-refractivity contribution >= 4 is 22.9 Å². The van der Waals surface area contributed by atoms with E-state index in [1.54, 1.807) is 17.4 Å². The van der Waals surface area contributed by atoms with Crippen molar-refractivity contribution in [2.24, 2.45) is 0 Å². The predicted octanol–water partition coefficient (Wildman–Crippen LogP) is 3.62. The summed E-state index contributed by atoms with van der Waals surface area (Å²) in [5.41, 5.74) is 3.07. The monoisotopic (exact) mass is 254 g/mol. The van der Waals surface area contributed by atoms with Gasteiger partial charge in [0.25, 0.3) is 0 Å². The largest absolute Gasteiger partial charge is 0.423 e. The Balaban J connectivity index is 2.17. The lowest BCUT2D eigenvalue weighted by molar-refractivity contribution is -0.132. The molecular formula is C15H10O2S. The molecule has 0 fully saturated rings. The van der Waals surface area contributed by atoms with Crippen LogP contribution in [0.5, 0.6) is 0 Å². The van der Waals surface area contributed by atoms with Crippen LogP contribution in [0.3, 0.4) is 0 Å². The lowest BCUT2D eigenvalue weighted by Crippen LogP contribution is -1.96. The number of ether oxygens (including phenoxy) is 1. The van der Waals surface area contributed by atoms with E-state index in [9.17, 15) is 4.79 Å². The fourth-order valence-corrected chi connectivity index (χ4v) is 2.56. The topological polar surface area (TPSA) is 26.3 Å². The van der Waals surface area contributed by atoms with Gasteiger partial charge in [0, 0.05) is 11.6 Å². The summed E-state index contributed by atoms with van der Waals surface area (Å²) in [6.07, 6.45) is 3.17. The van der Waals surface area contributed by atoms with E-state index < -0.39 is 0 Å². The van der Waals surface area contributed by atoms with Crippen LogP contribution in [0.1, 0.15) is 11.1 Å². The Morgan fingerprint density at radius 2 is 1.83 bits per heavy atom. The highest BCUT2D eigenvalue weighted by Gasteiger charge is 2.18. The molecule has 2 aromatic rings. The molecule has 0 atom stereocenters. The van der Waals surface area contributed by atoms with Crippen LogP contribution in [-0.2, 0) is 9.53 Å². The molecule has 18 heavy (non-hydrogen) atoms. The molecule has 0 amide bonds. The van der Waals surface area contributed by atoms with Crippen molar-refractivity contribution in [2.75, 3.05) is 0 Å². The van der Waals surface area contributed by atoms with Crippen LogP contribution in [0, 0.1) is 0 Å². The summed E-state index contributed by atoms with van der Waals surface area (Å²) in [6.45, 7) is 0. The van der Waals surface area contributed by atoms with E-state index in [1.807, 2.05) is 41.8 Å². The van der Waals surface area contributed by atoms with Crippen molar-refractivity contribution in [1.82, 2.24) is 0 Å². The lowest BCUT2D eigenvalue weighted by atomic mass is 9.99. The van der Waals surface area contributed by atoms with Crippen molar-refractivity contribution in [3.8, 4) is 0 Å². The summed E-state index contributed by atoms with van der Waals surface area (Å²) in [4.78, 5) is 11.2. The number of hydrogen-bond donors (Lipinski definition) is 0. The number of carbonyl (C=O) groups is 1. The molecule has 0 aliphatic carbocycles. The Bertz CT molecular complexity index is 622. The molecule has 2 nitrogen and oxygen atoms in total. The molecule has 0 radical (unpaired) electrons. The molecular weight excluding hydrogens is 244 g/mol. The van der Waals surface area contributed by atoms with Crippen molar-refractivity contribution in [1.29, 1.82) is 0 Å². The molecule has 1 aliphatic heterocycles. The lowest BCUT2D eigenvalue weighted by Gasteiger charge is -2.08. The van der Waals surface area contributed by atoms with Gasteiger partial charge in [-0.25, -0.2) is 4.79 Å². The summed E-state index contributed by atoms with van der Waals surface area (Å²) in [7, 11) is 0. The van der Waals surface area contributed by atoms with Gasteiger partial charge in [0.1, 0.15) is 5.76 Å². The first-order valence-corrected chi connectivity index (χ1v) is 6.51. The third-order valence-corrected chi connectivity index (χ3v) is 3.38. The van der Waals surface area contributed by atoms with Gasteiger partial charge < -0.3 is 4.74 Å².